The number of hydrogen-bond donors (Lipinski definition) is 2. The lowest BCUT2D eigenvalue weighted by Gasteiger charge is -2.32. The van der Waals surface area contributed by atoms with E-state index in [4.69, 9.17) is 27.6 Å². The molecule has 1 saturated carbocycles. The summed E-state index contributed by atoms with van der Waals surface area (Å²) in [7, 11) is 0. The first-order chi connectivity index (χ1) is 18.3. The number of carbonyl (C=O) groups is 2. The predicted octanol–water partition coefficient (Wildman–Crippen LogP) is 5.07. The smallest absolute Gasteiger partial charge is 0.301 e. The fourth-order valence-electron chi connectivity index (χ4n) is 4.88. The van der Waals surface area contributed by atoms with Gasteiger partial charge < -0.3 is 14.3 Å². The molecule has 0 bridgehead atoms. The molecule has 8 nitrogen and oxygen atoms in total. The van der Waals surface area contributed by atoms with Crippen LogP contribution in [0.5, 0.6) is 0 Å². The molecule has 2 amide bonds. The zero-order chi connectivity index (χ0) is 26.6. The van der Waals surface area contributed by atoms with Gasteiger partial charge in [0.2, 0.25) is 5.43 Å². The van der Waals surface area contributed by atoms with Crippen molar-refractivity contribution in [2.45, 2.75) is 37.8 Å². The Kier molecular flexibility index (Phi) is 6.37. The molecule has 2 aromatic heterocycles. The molecule has 6 rings (SSSR count). The van der Waals surface area contributed by atoms with Crippen molar-refractivity contribution in [1.82, 2.24) is 20.3 Å². The molecule has 0 spiro atoms. The second kappa shape index (κ2) is 9.72. The van der Waals surface area contributed by atoms with Crippen LogP contribution in [0.1, 0.15) is 52.6 Å². The molecule has 0 unspecified atom stereocenters. The Morgan fingerprint density at radius 3 is 2.50 bits per heavy atom. The van der Waals surface area contributed by atoms with E-state index in [-0.39, 0.29) is 39.7 Å². The predicted molar refractivity (Wildman–Crippen MR) is 142 cm³/mol. The van der Waals surface area contributed by atoms with Crippen LogP contribution in [0.2, 0.25) is 10.0 Å². The fourth-order valence-corrected chi connectivity index (χ4v) is 5.22. The quantitative estimate of drug-likeness (QED) is 0.358. The Morgan fingerprint density at radius 2 is 1.76 bits per heavy atom. The number of carbonyl (C=O) groups excluding carboxylic acids is 2. The minimum absolute atomic E-state index is 0.0214. The number of hydrogen-bond acceptors (Lipinski definition) is 5. The van der Waals surface area contributed by atoms with Crippen LogP contribution in [0.15, 0.2) is 51.8 Å². The summed E-state index contributed by atoms with van der Waals surface area (Å²) >= 11 is 12.0. The molecule has 3 heterocycles. The number of nitrogens with one attached hydrogen (secondary N) is 2. The lowest BCUT2D eigenvalue weighted by Crippen LogP contribution is -2.51. The van der Waals surface area contributed by atoms with Gasteiger partial charge in [0, 0.05) is 47.2 Å². The van der Waals surface area contributed by atoms with E-state index in [2.05, 4.69) is 10.7 Å². The third kappa shape index (κ3) is 4.77. The molecule has 196 valence electrons. The van der Waals surface area contributed by atoms with Crippen LogP contribution in [-0.4, -0.2) is 40.5 Å². The van der Waals surface area contributed by atoms with Gasteiger partial charge in [0.25, 0.3) is 5.91 Å². The summed E-state index contributed by atoms with van der Waals surface area (Å²) in [5.41, 5.74) is 3.39. The Bertz CT molecular complexity index is 1650. The number of hydrazine groups is 1. The second-order valence-electron chi connectivity index (χ2n) is 9.76. The highest BCUT2D eigenvalue weighted by atomic mass is 35.5. The molecule has 0 radical (unpaired) electrons. The molecule has 1 saturated heterocycles. The number of furan rings is 1. The van der Waals surface area contributed by atoms with Gasteiger partial charge in [-0.3, -0.25) is 19.8 Å². The molecule has 2 N–H and O–H groups in total. The van der Waals surface area contributed by atoms with Crippen LogP contribution < -0.4 is 16.2 Å². The monoisotopic (exact) mass is 556 g/mol. The number of pyridine rings is 1. The molecule has 1 aliphatic carbocycles. The maximum atomic E-state index is 14.2. The van der Waals surface area contributed by atoms with E-state index in [1.54, 1.807) is 35.5 Å². The minimum Gasteiger partial charge on any atom is -0.451 e. The number of aromatic nitrogens is 1. The van der Waals surface area contributed by atoms with Gasteiger partial charge in [0.15, 0.2) is 5.76 Å². The van der Waals surface area contributed by atoms with Gasteiger partial charge in [-0.2, -0.15) is 0 Å². The molecular formula is C27H23Cl2FN4O4. The number of piperidine rings is 1. The molecule has 11 heteroatoms. The number of benzene rings is 2. The van der Waals surface area contributed by atoms with Gasteiger partial charge in [-0.1, -0.05) is 23.2 Å². The van der Waals surface area contributed by atoms with E-state index in [1.807, 2.05) is 4.57 Å². The summed E-state index contributed by atoms with van der Waals surface area (Å²) < 4.78 is 21.6. The number of amides is 2. The third-order valence-corrected chi connectivity index (χ3v) is 7.58. The van der Waals surface area contributed by atoms with Crippen molar-refractivity contribution in [2.24, 2.45) is 0 Å². The zero-order valence-corrected chi connectivity index (χ0v) is 21.6. The van der Waals surface area contributed by atoms with Gasteiger partial charge in [-0.05, 0) is 62.1 Å². The number of rotatable bonds is 5. The highest BCUT2D eigenvalue weighted by Crippen LogP contribution is 2.37. The third-order valence-electron chi connectivity index (χ3n) is 7.05. The Hall–Kier alpha value is -3.40. The van der Waals surface area contributed by atoms with Gasteiger partial charge >= 0.3 is 5.91 Å². The Balaban J connectivity index is 1.12. The maximum Gasteiger partial charge on any atom is 0.301 e. The van der Waals surface area contributed by atoms with E-state index in [0.29, 0.717) is 42.1 Å². The topological polar surface area (TPSA) is 96.6 Å². The van der Waals surface area contributed by atoms with E-state index >= 15 is 0 Å². The van der Waals surface area contributed by atoms with Crippen molar-refractivity contribution in [3.8, 4) is 0 Å². The Labute approximate surface area is 226 Å². The molecule has 2 aliphatic rings. The molecule has 4 aromatic rings. The lowest BCUT2D eigenvalue weighted by molar-refractivity contribution is 0.0679. The SMILES string of the molecule is O=C(NN1CCC(NC(=O)c2cn(C3CC3)c3cc(Cl)c(F)cc3c2=O)CC1)c1cc2cc(Cl)ccc2o1. The van der Waals surface area contributed by atoms with Crippen LogP contribution in [-0.2, 0) is 0 Å². The Morgan fingerprint density at radius 1 is 1.00 bits per heavy atom. The normalized spacial score (nSPS) is 16.7. The first-order valence-electron chi connectivity index (χ1n) is 12.4. The summed E-state index contributed by atoms with van der Waals surface area (Å²) in [5, 5.41) is 6.08. The van der Waals surface area contributed by atoms with Crippen molar-refractivity contribution in [3.05, 3.63) is 80.0 Å². The van der Waals surface area contributed by atoms with Crippen LogP contribution in [0, 0.1) is 5.82 Å². The minimum atomic E-state index is -0.697. The molecule has 2 aromatic carbocycles. The number of halogens is 3. The first kappa shape index (κ1) is 24.9. The molecule has 1 aliphatic heterocycles. The largest absolute Gasteiger partial charge is 0.451 e. The lowest BCUT2D eigenvalue weighted by atomic mass is 10.0. The highest BCUT2D eigenvalue weighted by molar-refractivity contribution is 6.31. The van der Waals surface area contributed by atoms with Gasteiger partial charge in [0.1, 0.15) is 17.0 Å². The van der Waals surface area contributed by atoms with Crippen molar-refractivity contribution >= 4 is 56.9 Å². The van der Waals surface area contributed by atoms with E-state index in [9.17, 15) is 18.8 Å². The molecule has 38 heavy (non-hydrogen) atoms. The van der Waals surface area contributed by atoms with Crippen molar-refractivity contribution in [1.29, 1.82) is 0 Å². The van der Waals surface area contributed by atoms with Crippen LogP contribution in [0.25, 0.3) is 21.9 Å². The standard InChI is InChI=1S/C27H23Cl2FN4O4/c28-15-1-4-23-14(9-15)10-24(38-23)27(37)32-33-7-5-16(6-8-33)31-26(36)19-13-34(17-2-3-17)22-12-20(29)21(30)11-18(22)25(19)35/h1,4,9-13,16-17H,2-3,5-8H2,(H,31,36)(H,32,37). The summed E-state index contributed by atoms with van der Waals surface area (Å²) in [5.74, 6) is -1.38. The van der Waals surface area contributed by atoms with Crippen molar-refractivity contribution in [3.63, 3.8) is 0 Å². The van der Waals surface area contributed by atoms with E-state index < -0.39 is 17.2 Å². The maximum absolute atomic E-state index is 14.2. The summed E-state index contributed by atoms with van der Waals surface area (Å²) in [4.78, 5) is 38.9. The second-order valence-corrected chi connectivity index (χ2v) is 10.6. The number of fused-ring (bicyclic) bond motifs is 2. The van der Waals surface area contributed by atoms with E-state index in [0.717, 1.165) is 24.3 Å². The zero-order valence-electron chi connectivity index (χ0n) is 20.1. The summed E-state index contributed by atoms with van der Waals surface area (Å²) in [6.07, 6.45) is 4.52. The summed E-state index contributed by atoms with van der Waals surface area (Å²) in [6, 6.07) is 9.29. The molecular weight excluding hydrogens is 534 g/mol. The molecule has 2 fully saturated rings. The van der Waals surface area contributed by atoms with Crippen molar-refractivity contribution < 1.29 is 18.4 Å². The van der Waals surface area contributed by atoms with Crippen LogP contribution in [0.4, 0.5) is 4.39 Å². The van der Waals surface area contributed by atoms with Gasteiger partial charge in [-0.25, -0.2) is 9.40 Å². The highest BCUT2D eigenvalue weighted by Gasteiger charge is 2.29. The van der Waals surface area contributed by atoms with Gasteiger partial charge in [0.05, 0.1) is 10.5 Å². The number of nitrogens with zero attached hydrogens (tertiary/aromatic N) is 2. The fraction of sp³-hybridized carbons (Fsp3) is 0.296. The molecule has 0 atom stereocenters. The summed E-state index contributed by atoms with van der Waals surface area (Å²) in [6.45, 7) is 0.993. The van der Waals surface area contributed by atoms with Crippen molar-refractivity contribution in [2.75, 3.05) is 13.1 Å². The van der Waals surface area contributed by atoms with E-state index in [1.165, 1.54) is 6.07 Å². The van der Waals surface area contributed by atoms with Gasteiger partial charge in [-0.15, -0.1) is 0 Å². The average molecular weight is 557 g/mol. The average Bonchev–Trinajstić information content (AvgIpc) is 3.64. The van der Waals surface area contributed by atoms with Crippen LogP contribution in [0.3, 0.4) is 0 Å². The van der Waals surface area contributed by atoms with Crippen LogP contribution >= 0.6 is 23.2 Å². The first-order valence-corrected chi connectivity index (χ1v) is 13.1.